The van der Waals surface area contributed by atoms with Gasteiger partial charge in [-0.2, -0.15) is 4.39 Å². The molecule has 1 heterocycles. The minimum atomic E-state index is -0.991. The van der Waals surface area contributed by atoms with Crippen LogP contribution in [0.4, 0.5) is 13.2 Å². The summed E-state index contributed by atoms with van der Waals surface area (Å²) in [7, 11) is 0. The van der Waals surface area contributed by atoms with Gasteiger partial charge in [0.15, 0.2) is 17.9 Å². The fourth-order valence-electron chi connectivity index (χ4n) is 4.22. The van der Waals surface area contributed by atoms with Crippen LogP contribution in [0.3, 0.4) is 0 Å². The number of hydrogen-bond donors (Lipinski definition) is 0. The largest absolute Gasteiger partial charge is 0.490 e. The molecule has 1 aliphatic rings. The van der Waals surface area contributed by atoms with E-state index in [0.29, 0.717) is 36.5 Å². The maximum absolute atomic E-state index is 14.9. The summed E-state index contributed by atoms with van der Waals surface area (Å²) in [6.07, 6.45) is 6.01. The van der Waals surface area contributed by atoms with Gasteiger partial charge in [-0.05, 0) is 48.2 Å². The normalized spacial score (nSPS) is 18.0. The predicted octanol–water partition coefficient (Wildman–Crippen LogP) is 8.24. The Kier molecular flexibility index (Phi) is 8.83. The third-order valence-electron chi connectivity index (χ3n) is 6.22. The van der Waals surface area contributed by atoms with Crippen LogP contribution in [0.25, 0.3) is 22.3 Å². The standard InChI is InChI=1S/C30H31F3O3/c1-3-5-6-16-34-27-15-14-24(28(32)29(27)33)22-10-8-21(9-11-22)23-12-13-25(26(31)17-23)30-35-18-20(7-4-2)19-36-30/h4,7-15,17,20,30H,3,5-6,16,18-19H2,1-2H3/b7-4+. The van der Waals surface area contributed by atoms with Gasteiger partial charge in [-0.3, -0.25) is 0 Å². The highest BCUT2D eigenvalue weighted by atomic mass is 19.2. The Hall–Kier alpha value is -3.09. The molecule has 3 aromatic carbocycles. The summed E-state index contributed by atoms with van der Waals surface area (Å²) in [4.78, 5) is 0. The van der Waals surface area contributed by atoms with Crippen LogP contribution in [0, 0.1) is 23.4 Å². The summed E-state index contributed by atoms with van der Waals surface area (Å²) in [6.45, 7) is 5.30. The van der Waals surface area contributed by atoms with Gasteiger partial charge in [-0.15, -0.1) is 0 Å². The van der Waals surface area contributed by atoms with E-state index in [1.807, 2.05) is 19.1 Å². The molecule has 6 heteroatoms. The van der Waals surface area contributed by atoms with Gasteiger partial charge in [0.1, 0.15) is 5.82 Å². The topological polar surface area (TPSA) is 27.7 Å². The van der Waals surface area contributed by atoms with E-state index in [9.17, 15) is 13.2 Å². The highest BCUT2D eigenvalue weighted by Crippen LogP contribution is 2.33. The van der Waals surface area contributed by atoms with Crippen LogP contribution in [0.15, 0.2) is 66.7 Å². The zero-order chi connectivity index (χ0) is 25.5. The molecule has 0 bridgehead atoms. The second kappa shape index (κ2) is 12.2. The maximum Gasteiger partial charge on any atom is 0.201 e. The van der Waals surface area contributed by atoms with Crippen molar-refractivity contribution in [3.63, 3.8) is 0 Å². The van der Waals surface area contributed by atoms with E-state index >= 15 is 0 Å². The number of benzene rings is 3. The third kappa shape index (κ3) is 6.00. The maximum atomic E-state index is 14.9. The molecule has 3 nitrogen and oxygen atoms in total. The molecule has 1 aliphatic heterocycles. The second-order valence-corrected chi connectivity index (χ2v) is 8.89. The summed E-state index contributed by atoms with van der Waals surface area (Å²) < 4.78 is 61.0. The van der Waals surface area contributed by atoms with Gasteiger partial charge in [-0.1, -0.05) is 68.3 Å². The molecule has 0 N–H and O–H groups in total. The highest BCUT2D eigenvalue weighted by Gasteiger charge is 2.24. The molecule has 4 rings (SSSR count). The van der Waals surface area contributed by atoms with Crippen molar-refractivity contribution in [2.24, 2.45) is 5.92 Å². The number of allylic oxidation sites excluding steroid dienone is 1. The smallest absolute Gasteiger partial charge is 0.201 e. The van der Waals surface area contributed by atoms with Crippen molar-refractivity contribution < 1.29 is 27.4 Å². The Morgan fingerprint density at radius 3 is 2.22 bits per heavy atom. The average Bonchev–Trinajstić information content (AvgIpc) is 2.90. The Balaban J connectivity index is 1.46. The highest BCUT2D eigenvalue weighted by molar-refractivity contribution is 5.71. The molecule has 36 heavy (non-hydrogen) atoms. The van der Waals surface area contributed by atoms with E-state index in [-0.39, 0.29) is 17.2 Å². The lowest BCUT2D eigenvalue weighted by molar-refractivity contribution is -0.198. The van der Waals surface area contributed by atoms with Crippen molar-refractivity contribution >= 4 is 0 Å². The molecule has 1 saturated heterocycles. The van der Waals surface area contributed by atoms with Crippen LogP contribution in [0.5, 0.6) is 5.75 Å². The molecule has 0 radical (unpaired) electrons. The molecule has 0 amide bonds. The molecule has 0 saturated carbocycles. The van der Waals surface area contributed by atoms with Crippen LogP contribution >= 0.6 is 0 Å². The van der Waals surface area contributed by atoms with Crippen LogP contribution in [-0.4, -0.2) is 19.8 Å². The number of rotatable bonds is 9. The van der Waals surface area contributed by atoms with Gasteiger partial charge in [-0.25, -0.2) is 8.78 Å². The Labute approximate surface area is 210 Å². The van der Waals surface area contributed by atoms with Crippen molar-refractivity contribution in [1.29, 1.82) is 0 Å². The Morgan fingerprint density at radius 2 is 1.56 bits per heavy atom. The van der Waals surface area contributed by atoms with E-state index in [1.54, 1.807) is 36.4 Å². The molecule has 0 aromatic heterocycles. The quantitative estimate of drug-likeness (QED) is 0.221. The SMILES string of the molecule is C/C=C/C1COC(c2ccc(-c3ccc(-c4ccc(OCCCCC)c(F)c4F)cc3)cc2F)OC1. The third-order valence-corrected chi connectivity index (χ3v) is 6.22. The molecule has 0 unspecified atom stereocenters. The van der Waals surface area contributed by atoms with Gasteiger partial charge in [0.25, 0.3) is 0 Å². The van der Waals surface area contributed by atoms with Crippen molar-refractivity contribution in [2.75, 3.05) is 19.8 Å². The first-order chi connectivity index (χ1) is 17.5. The van der Waals surface area contributed by atoms with Crippen molar-refractivity contribution in [2.45, 2.75) is 39.4 Å². The molecule has 3 aromatic rings. The van der Waals surface area contributed by atoms with Crippen molar-refractivity contribution in [1.82, 2.24) is 0 Å². The summed E-state index contributed by atoms with van der Waals surface area (Å²) in [5.41, 5.74) is 2.42. The van der Waals surface area contributed by atoms with Gasteiger partial charge in [0.2, 0.25) is 5.82 Å². The number of halogens is 3. The molecular formula is C30H31F3O3. The number of unbranched alkanes of at least 4 members (excludes halogenated alkanes) is 2. The van der Waals surface area contributed by atoms with E-state index in [4.69, 9.17) is 14.2 Å². The Bertz CT molecular complexity index is 1180. The summed E-state index contributed by atoms with van der Waals surface area (Å²) >= 11 is 0. The molecule has 1 fully saturated rings. The monoisotopic (exact) mass is 496 g/mol. The average molecular weight is 497 g/mol. The summed E-state index contributed by atoms with van der Waals surface area (Å²) in [5.74, 6) is -2.28. The Morgan fingerprint density at radius 1 is 0.861 bits per heavy atom. The van der Waals surface area contributed by atoms with Gasteiger partial charge >= 0.3 is 0 Å². The zero-order valence-electron chi connectivity index (χ0n) is 20.6. The minimum absolute atomic E-state index is 0.0807. The summed E-state index contributed by atoms with van der Waals surface area (Å²) in [5, 5.41) is 0. The fraction of sp³-hybridized carbons (Fsp3) is 0.333. The van der Waals surface area contributed by atoms with E-state index in [2.05, 4.69) is 6.92 Å². The molecular weight excluding hydrogens is 465 g/mol. The van der Waals surface area contributed by atoms with Crippen LogP contribution < -0.4 is 4.74 Å². The lowest BCUT2D eigenvalue weighted by Gasteiger charge is -2.28. The molecule has 0 atom stereocenters. The van der Waals surface area contributed by atoms with Crippen molar-refractivity contribution in [3.05, 3.63) is 89.8 Å². The first-order valence-electron chi connectivity index (χ1n) is 12.4. The van der Waals surface area contributed by atoms with Gasteiger partial charge in [0.05, 0.1) is 19.8 Å². The van der Waals surface area contributed by atoms with Gasteiger partial charge in [0, 0.05) is 17.0 Å². The molecule has 190 valence electrons. The van der Waals surface area contributed by atoms with Crippen LogP contribution in [0.2, 0.25) is 0 Å². The first-order valence-corrected chi connectivity index (χ1v) is 12.4. The number of ether oxygens (including phenoxy) is 3. The number of hydrogen-bond acceptors (Lipinski definition) is 3. The van der Waals surface area contributed by atoms with Crippen molar-refractivity contribution in [3.8, 4) is 28.0 Å². The fourth-order valence-corrected chi connectivity index (χ4v) is 4.22. The predicted molar refractivity (Wildman–Crippen MR) is 135 cm³/mol. The summed E-state index contributed by atoms with van der Waals surface area (Å²) in [6, 6.07) is 14.7. The van der Waals surface area contributed by atoms with E-state index < -0.39 is 23.7 Å². The van der Waals surface area contributed by atoms with E-state index in [1.165, 1.54) is 18.2 Å². The first kappa shape index (κ1) is 26.0. The van der Waals surface area contributed by atoms with Crippen LogP contribution in [-0.2, 0) is 9.47 Å². The van der Waals surface area contributed by atoms with Gasteiger partial charge < -0.3 is 14.2 Å². The van der Waals surface area contributed by atoms with E-state index in [0.717, 1.165) is 24.8 Å². The molecule has 0 aliphatic carbocycles. The van der Waals surface area contributed by atoms with Crippen LogP contribution in [0.1, 0.15) is 45.0 Å². The zero-order valence-corrected chi connectivity index (χ0v) is 20.6. The lowest BCUT2D eigenvalue weighted by Crippen LogP contribution is -2.26. The lowest BCUT2D eigenvalue weighted by atomic mass is 9.98. The molecule has 0 spiro atoms. The minimum Gasteiger partial charge on any atom is -0.490 e. The second-order valence-electron chi connectivity index (χ2n) is 8.89.